The molecule has 1 aliphatic rings. The van der Waals surface area contributed by atoms with Gasteiger partial charge in [0, 0.05) is 36.1 Å². The van der Waals surface area contributed by atoms with E-state index < -0.39 is 0 Å². The third-order valence-corrected chi connectivity index (χ3v) is 4.63. The molecule has 1 fully saturated rings. The second-order valence-corrected chi connectivity index (χ2v) is 6.36. The van der Waals surface area contributed by atoms with Crippen molar-refractivity contribution in [2.75, 3.05) is 13.1 Å². The highest BCUT2D eigenvalue weighted by Crippen LogP contribution is 2.28. The van der Waals surface area contributed by atoms with Crippen LogP contribution in [0.4, 0.5) is 0 Å². The fourth-order valence-corrected chi connectivity index (χ4v) is 2.98. The summed E-state index contributed by atoms with van der Waals surface area (Å²) in [5.41, 5.74) is 1.70. The lowest BCUT2D eigenvalue weighted by molar-refractivity contribution is -0.135. The number of benzene rings is 1. The molecule has 126 valence electrons. The summed E-state index contributed by atoms with van der Waals surface area (Å²) in [7, 11) is 0. The van der Waals surface area contributed by atoms with Crippen LogP contribution in [-0.2, 0) is 11.2 Å². The Labute approximate surface area is 149 Å². The number of likely N-dealkylation sites (tertiary alicyclic amines) is 1. The Morgan fingerprint density at radius 2 is 1.96 bits per heavy atom. The van der Waals surface area contributed by atoms with Gasteiger partial charge in [-0.2, -0.15) is 4.98 Å². The lowest BCUT2D eigenvalue weighted by Crippen LogP contribution is -2.49. The van der Waals surface area contributed by atoms with Crippen molar-refractivity contribution in [3.05, 3.63) is 65.3 Å². The van der Waals surface area contributed by atoms with Gasteiger partial charge in [0.1, 0.15) is 0 Å². The number of rotatable bonds is 4. The van der Waals surface area contributed by atoms with Crippen LogP contribution < -0.4 is 0 Å². The number of carbonyl (C=O) groups is 1. The van der Waals surface area contributed by atoms with Gasteiger partial charge in [-0.15, -0.1) is 0 Å². The van der Waals surface area contributed by atoms with Crippen LogP contribution in [0.1, 0.15) is 17.4 Å². The number of nitrogens with zero attached hydrogens (tertiary/aromatic N) is 4. The van der Waals surface area contributed by atoms with E-state index in [-0.39, 0.29) is 11.8 Å². The van der Waals surface area contributed by atoms with E-state index >= 15 is 0 Å². The lowest BCUT2D eigenvalue weighted by atomic mass is 9.98. The minimum atomic E-state index is 0.0539. The van der Waals surface area contributed by atoms with Crippen molar-refractivity contribution in [2.24, 2.45) is 0 Å². The van der Waals surface area contributed by atoms with Crippen molar-refractivity contribution in [3.8, 4) is 11.4 Å². The summed E-state index contributed by atoms with van der Waals surface area (Å²) in [5.74, 6) is 1.24. The zero-order valence-electron chi connectivity index (χ0n) is 13.3. The standard InChI is InChI=1S/C18H15ClN4O2/c19-15-4-2-1-3-13(15)9-16(24)23-10-14(11-23)18-21-17(22-25-18)12-5-7-20-8-6-12/h1-8,14H,9-11H2. The summed E-state index contributed by atoms with van der Waals surface area (Å²) in [6, 6.07) is 11.1. The molecular weight excluding hydrogens is 340 g/mol. The molecule has 0 N–H and O–H groups in total. The number of carbonyl (C=O) groups excluding carboxylic acids is 1. The van der Waals surface area contributed by atoms with Crippen LogP contribution in [0, 0.1) is 0 Å². The third-order valence-electron chi connectivity index (χ3n) is 4.26. The van der Waals surface area contributed by atoms with Crippen molar-refractivity contribution in [1.82, 2.24) is 20.0 Å². The number of pyridine rings is 1. The summed E-state index contributed by atoms with van der Waals surface area (Å²) >= 11 is 6.11. The van der Waals surface area contributed by atoms with Crippen molar-refractivity contribution >= 4 is 17.5 Å². The Kier molecular flexibility index (Phi) is 4.19. The molecule has 1 amide bonds. The second-order valence-electron chi connectivity index (χ2n) is 5.96. The highest BCUT2D eigenvalue weighted by molar-refractivity contribution is 6.31. The number of aromatic nitrogens is 3. The van der Waals surface area contributed by atoms with Crippen LogP contribution in [0.3, 0.4) is 0 Å². The molecular formula is C18H15ClN4O2. The molecule has 0 radical (unpaired) electrons. The molecule has 0 atom stereocenters. The van der Waals surface area contributed by atoms with E-state index in [1.807, 2.05) is 30.3 Å². The van der Waals surface area contributed by atoms with E-state index in [9.17, 15) is 4.79 Å². The molecule has 3 heterocycles. The topological polar surface area (TPSA) is 72.1 Å². The van der Waals surface area contributed by atoms with Crippen molar-refractivity contribution in [3.63, 3.8) is 0 Å². The Bertz CT molecular complexity index is 891. The van der Waals surface area contributed by atoms with E-state index in [2.05, 4.69) is 15.1 Å². The number of hydrogen-bond donors (Lipinski definition) is 0. The van der Waals surface area contributed by atoms with Gasteiger partial charge in [0.05, 0.1) is 12.3 Å². The predicted molar refractivity (Wildman–Crippen MR) is 92.0 cm³/mol. The Balaban J connectivity index is 1.37. The highest BCUT2D eigenvalue weighted by atomic mass is 35.5. The molecule has 6 nitrogen and oxygen atoms in total. The van der Waals surface area contributed by atoms with E-state index in [1.54, 1.807) is 23.4 Å². The molecule has 1 saturated heterocycles. The maximum atomic E-state index is 12.3. The Hall–Kier alpha value is -2.73. The second kappa shape index (κ2) is 6.64. The fourth-order valence-electron chi connectivity index (χ4n) is 2.77. The number of amides is 1. The number of halogens is 1. The van der Waals surface area contributed by atoms with Gasteiger partial charge >= 0.3 is 0 Å². The minimum Gasteiger partial charge on any atom is -0.341 e. The van der Waals surface area contributed by atoms with Gasteiger partial charge < -0.3 is 9.42 Å². The zero-order valence-corrected chi connectivity index (χ0v) is 14.1. The SMILES string of the molecule is O=C(Cc1ccccc1Cl)N1CC(c2nc(-c3ccncc3)no2)C1. The lowest BCUT2D eigenvalue weighted by Gasteiger charge is -2.37. The van der Waals surface area contributed by atoms with Crippen LogP contribution >= 0.6 is 11.6 Å². The molecule has 1 aliphatic heterocycles. The monoisotopic (exact) mass is 354 g/mol. The van der Waals surface area contributed by atoms with Crippen LogP contribution in [0.2, 0.25) is 5.02 Å². The van der Waals surface area contributed by atoms with Crippen molar-refractivity contribution < 1.29 is 9.32 Å². The molecule has 0 saturated carbocycles. The maximum Gasteiger partial charge on any atom is 0.233 e. The number of hydrogen-bond acceptors (Lipinski definition) is 5. The van der Waals surface area contributed by atoms with Gasteiger partial charge in [-0.25, -0.2) is 0 Å². The van der Waals surface area contributed by atoms with Gasteiger partial charge in [-0.3, -0.25) is 9.78 Å². The van der Waals surface area contributed by atoms with Crippen molar-refractivity contribution in [2.45, 2.75) is 12.3 Å². The van der Waals surface area contributed by atoms with Gasteiger partial charge in [-0.05, 0) is 23.8 Å². The summed E-state index contributed by atoms with van der Waals surface area (Å²) in [6.07, 6.45) is 3.67. The molecule has 2 aromatic heterocycles. The summed E-state index contributed by atoms with van der Waals surface area (Å²) in [6.45, 7) is 1.17. The summed E-state index contributed by atoms with van der Waals surface area (Å²) in [4.78, 5) is 22.5. The van der Waals surface area contributed by atoms with E-state index in [0.29, 0.717) is 36.2 Å². The summed E-state index contributed by atoms with van der Waals surface area (Å²) in [5, 5.41) is 4.62. The fraction of sp³-hybridized carbons (Fsp3) is 0.222. The molecule has 0 aliphatic carbocycles. The normalized spacial score (nSPS) is 14.4. The van der Waals surface area contributed by atoms with Crippen LogP contribution in [0.15, 0.2) is 53.3 Å². The average Bonchev–Trinajstić information content (AvgIpc) is 3.06. The van der Waals surface area contributed by atoms with Gasteiger partial charge in [-0.1, -0.05) is 35.0 Å². The highest BCUT2D eigenvalue weighted by Gasteiger charge is 2.35. The Morgan fingerprint density at radius 3 is 2.72 bits per heavy atom. The molecule has 1 aromatic carbocycles. The van der Waals surface area contributed by atoms with E-state index in [1.165, 1.54) is 0 Å². The molecule has 3 aromatic rings. The first-order valence-electron chi connectivity index (χ1n) is 7.96. The molecule has 25 heavy (non-hydrogen) atoms. The van der Waals surface area contributed by atoms with Crippen molar-refractivity contribution in [1.29, 1.82) is 0 Å². The largest absolute Gasteiger partial charge is 0.341 e. The first-order valence-corrected chi connectivity index (χ1v) is 8.33. The van der Waals surface area contributed by atoms with Crippen LogP contribution in [-0.4, -0.2) is 39.0 Å². The molecule has 0 bridgehead atoms. The minimum absolute atomic E-state index is 0.0539. The Morgan fingerprint density at radius 1 is 1.20 bits per heavy atom. The predicted octanol–water partition coefficient (Wildman–Crippen LogP) is 2.95. The molecule has 0 unspecified atom stereocenters. The van der Waals surface area contributed by atoms with E-state index in [4.69, 9.17) is 16.1 Å². The first kappa shape index (κ1) is 15.8. The van der Waals surface area contributed by atoms with Gasteiger partial charge in [0.2, 0.25) is 17.6 Å². The molecule has 7 heteroatoms. The zero-order chi connectivity index (χ0) is 17.2. The van der Waals surface area contributed by atoms with Crippen LogP contribution in [0.25, 0.3) is 11.4 Å². The van der Waals surface area contributed by atoms with Gasteiger partial charge in [0.15, 0.2) is 0 Å². The van der Waals surface area contributed by atoms with E-state index in [0.717, 1.165) is 11.1 Å². The quantitative estimate of drug-likeness (QED) is 0.720. The first-order chi connectivity index (χ1) is 12.2. The average molecular weight is 355 g/mol. The smallest absolute Gasteiger partial charge is 0.233 e. The maximum absolute atomic E-state index is 12.3. The summed E-state index contributed by atoms with van der Waals surface area (Å²) < 4.78 is 5.35. The third kappa shape index (κ3) is 3.25. The molecule has 4 rings (SSSR count). The molecule has 0 spiro atoms. The van der Waals surface area contributed by atoms with Crippen LogP contribution in [0.5, 0.6) is 0 Å². The van der Waals surface area contributed by atoms with Gasteiger partial charge in [0.25, 0.3) is 0 Å².